The summed E-state index contributed by atoms with van der Waals surface area (Å²) >= 11 is 9.36. The van der Waals surface area contributed by atoms with Gasteiger partial charge in [0.2, 0.25) is 0 Å². The second-order valence-corrected chi connectivity index (χ2v) is 15.0. The monoisotopic (exact) mass is 430 g/mol. The van der Waals surface area contributed by atoms with Crippen LogP contribution >= 0.6 is 31.9 Å². The first kappa shape index (κ1) is 11.0. The maximum Gasteiger partial charge on any atom is 0.0363 e. The predicted octanol–water partition coefficient (Wildman–Crippen LogP) is 4.46. The molecule has 23 heavy (non-hydrogen) atoms. The number of hydrogen-bond acceptors (Lipinski definition) is 0. The van der Waals surface area contributed by atoms with E-state index in [0.717, 1.165) is 33.5 Å². The lowest BCUT2D eigenvalue weighted by atomic mass is 9.24. The molecule has 0 N–H and O–H groups in total. The number of fused-ring (bicyclic) bond motifs is 1. The molecule has 13 saturated carbocycles. The Hall–Kier alpha value is 0.960. The molecule has 0 radical (unpaired) electrons. The molecular weight excluding hydrogens is 412 g/mol. The van der Waals surface area contributed by atoms with Crippen molar-refractivity contribution in [2.75, 3.05) is 0 Å². The highest BCUT2D eigenvalue weighted by Crippen LogP contribution is 3.23. The van der Waals surface area contributed by atoms with Gasteiger partial charge in [0.25, 0.3) is 0 Å². The van der Waals surface area contributed by atoms with Crippen LogP contribution in [0.4, 0.5) is 0 Å². The summed E-state index contributed by atoms with van der Waals surface area (Å²) in [5, 5.41) is 0. The first-order valence-corrected chi connectivity index (χ1v) is 12.1. The quantitative estimate of drug-likeness (QED) is 0.496. The summed E-state index contributed by atoms with van der Waals surface area (Å²) in [6, 6.07) is 0. The SMILES string of the molecule is Br[C@]12CC[C@]3(Br)[C@@H]4[C@@H]1[C@H]1C[C@@H]4[C@]45[C@@H]6C[C@H]7[C@H]8[C@H]6[C@@H]6C[C@H]8[C@@]2([C@]174)[C@]653. The molecule has 0 aromatic heterocycles. The molecule has 0 nitrogen and oxygen atoms in total. The molecule has 13 aliphatic rings. The summed E-state index contributed by atoms with van der Waals surface area (Å²) < 4.78 is 1.21. The predicted molar refractivity (Wildman–Crippen MR) is 91.0 cm³/mol. The van der Waals surface area contributed by atoms with Gasteiger partial charge in [-0.15, -0.1) is 0 Å². The molecular formula is C21H20Br2. The number of halogens is 2. The smallest absolute Gasteiger partial charge is 0.0363 e. The van der Waals surface area contributed by atoms with Gasteiger partial charge in [-0.25, -0.2) is 0 Å². The van der Waals surface area contributed by atoms with Crippen LogP contribution in [0.15, 0.2) is 0 Å². The molecule has 118 valence electrons. The van der Waals surface area contributed by atoms with E-state index < -0.39 is 0 Å². The Labute approximate surface area is 153 Å². The van der Waals surface area contributed by atoms with Crippen LogP contribution in [0.2, 0.25) is 0 Å². The van der Waals surface area contributed by atoms with E-state index in [1.807, 2.05) is 0 Å². The van der Waals surface area contributed by atoms with Gasteiger partial charge in [0.15, 0.2) is 0 Å². The first-order valence-electron chi connectivity index (χ1n) is 10.5. The van der Waals surface area contributed by atoms with Crippen molar-refractivity contribution in [2.45, 2.75) is 40.8 Å². The molecule has 13 aliphatic carbocycles. The van der Waals surface area contributed by atoms with Crippen LogP contribution < -0.4 is 0 Å². The summed E-state index contributed by atoms with van der Waals surface area (Å²) in [5.41, 5.74) is 3.39. The van der Waals surface area contributed by atoms with E-state index in [0.29, 0.717) is 8.65 Å². The van der Waals surface area contributed by atoms with Crippen LogP contribution in [-0.2, 0) is 0 Å². The maximum atomic E-state index is 4.68. The number of alkyl halides is 2. The molecule has 4 spiro atoms. The zero-order chi connectivity index (χ0) is 14.3. The lowest BCUT2D eigenvalue weighted by molar-refractivity contribution is -0.321. The Kier molecular flexibility index (Phi) is 1.02. The molecule has 8 bridgehead atoms. The van der Waals surface area contributed by atoms with E-state index in [1.165, 1.54) is 60.2 Å². The first-order chi connectivity index (χ1) is 11.1. The third-order valence-corrected chi connectivity index (χ3v) is 17.5. The van der Waals surface area contributed by atoms with Crippen LogP contribution in [-0.4, -0.2) is 8.65 Å². The number of hydrogen-bond donors (Lipinski definition) is 0. The minimum absolute atomic E-state index is 0.607. The Morgan fingerprint density at radius 1 is 0.565 bits per heavy atom. The van der Waals surface area contributed by atoms with Gasteiger partial charge in [-0.3, -0.25) is 0 Å². The van der Waals surface area contributed by atoms with Gasteiger partial charge < -0.3 is 0 Å². The Balaban J connectivity index is 1.54. The van der Waals surface area contributed by atoms with Gasteiger partial charge >= 0.3 is 0 Å². The molecule has 0 aromatic rings. The van der Waals surface area contributed by atoms with Crippen LogP contribution in [0.1, 0.15) is 32.1 Å². The summed E-state index contributed by atoms with van der Waals surface area (Å²) in [7, 11) is 0. The largest absolute Gasteiger partial charge is 0.0843 e. The van der Waals surface area contributed by atoms with Crippen molar-refractivity contribution in [2.24, 2.45) is 80.8 Å². The Bertz CT molecular complexity index is 813. The average molecular weight is 432 g/mol. The summed E-state index contributed by atoms with van der Waals surface area (Å²) in [5.74, 6) is 11.7. The van der Waals surface area contributed by atoms with Gasteiger partial charge in [-0.05, 0) is 102 Å². The highest BCUT2D eigenvalue weighted by atomic mass is 79.9. The topological polar surface area (TPSA) is 0 Å². The van der Waals surface area contributed by atoms with Crippen LogP contribution in [0.25, 0.3) is 0 Å². The normalized spacial score (nSPS) is 103. The fourth-order valence-electron chi connectivity index (χ4n) is 16.9. The van der Waals surface area contributed by atoms with Crippen molar-refractivity contribution in [1.29, 1.82) is 0 Å². The standard InChI is InChI=1S/C21H20Br2/c22-16-1-2-17(23)15-11-5-10(14(15)16)18-6-3-7-13-9-4-8(12(6)13)20(16,18)21(9,17)19(7,11)18/h6-15H,1-5H2/t6-,7+,8+,9-,10+,11-,12-,13-,14+,15+,16+,17-,18-,19+,20+,21-/m1/s1. The fraction of sp³-hybridized carbons (Fsp3) is 1.00. The van der Waals surface area contributed by atoms with Crippen LogP contribution in [0.5, 0.6) is 0 Å². The highest BCUT2D eigenvalue weighted by molar-refractivity contribution is 9.10. The van der Waals surface area contributed by atoms with Crippen molar-refractivity contribution in [3.8, 4) is 0 Å². The van der Waals surface area contributed by atoms with Crippen molar-refractivity contribution in [3.63, 3.8) is 0 Å². The van der Waals surface area contributed by atoms with Gasteiger partial charge in [0.05, 0.1) is 0 Å². The lowest BCUT2D eigenvalue weighted by Gasteiger charge is -2.82. The molecule has 16 atom stereocenters. The minimum Gasteiger partial charge on any atom is -0.0843 e. The van der Waals surface area contributed by atoms with Gasteiger partial charge in [-0.2, -0.15) is 0 Å². The second kappa shape index (κ2) is 2.14. The van der Waals surface area contributed by atoms with E-state index in [4.69, 9.17) is 0 Å². The maximum absolute atomic E-state index is 4.68. The Morgan fingerprint density at radius 3 is 1.52 bits per heavy atom. The van der Waals surface area contributed by atoms with E-state index >= 15 is 0 Å². The van der Waals surface area contributed by atoms with E-state index in [2.05, 4.69) is 31.9 Å². The van der Waals surface area contributed by atoms with E-state index in [-0.39, 0.29) is 0 Å². The van der Waals surface area contributed by atoms with E-state index in [1.54, 1.807) is 19.3 Å². The summed E-state index contributed by atoms with van der Waals surface area (Å²) in [6.45, 7) is 0. The van der Waals surface area contributed by atoms with Crippen LogP contribution in [0.3, 0.4) is 0 Å². The van der Waals surface area contributed by atoms with Gasteiger partial charge in [0, 0.05) is 19.5 Å². The lowest BCUT2D eigenvalue weighted by Crippen LogP contribution is -2.84. The molecule has 0 aliphatic heterocycles. The molecule has 13 rings (SSSR count). The molecule has 0 heterocycles. The molecule has 0 saturated heterocycles. The fourth-order valence-corrected chi connectivity index (χ4v) is 20.4. The summed E-state index contributed by atoms with van der Waals surface area (Å²) in [6.07, 6.45) is 8.14. The molecule has 0 unspecified atom stereocenters. The number of rotatable bonds is 0. The Morgan fingerprint density at radius 2 is 1.00 bits per heavy atom. The zero-order valence-electron chi connectivity index (χ0n) is 13.1. The third-order valence-electron chi connectivity index (χ3n) is 14.4. The second-order valence-electron chi connectivity index (χ2n) is 12.1. The minimum atomic E-state index is 0.607. The zero-order valence-corrected chi connectivity index (χ0v) is 16.2. The highest BCUT2D eigenvalue weighted by Gasteiger charge is 3.22. The van der Waals surface area contributed by atoms with Crippen molar-refractivity contribution < 1.29 is 0 Å². The van der Waals surface area contributed by atoms with Crippen molar-refractivity contribution in [1.82, 2.24) is 0 Å². The molecule has 0 amide bonds. The van der Waals surface area contributed by atoms with Crippen molar-refractivity contribution >= 4 is 31.9 Å². The third kappa shape index (κ3) is 0.426. The molecule has 2 heteroatoms. The van der Waals surface area contributed by atoms with Crippen LogP contribution in [0, 0.1) is 80.8 Å². The van der Waals surface area contributed by atoms with E-state index in [9.17, 15) is 0 Å². The van der Waals surface area contributed by atoms with Crippen molar-refractivity contribution in [3.05, 3.63) is 0 Å². The molecule has 13 fully saturated rings. The summed E-state index contributed by atoms with van der Waals surface area (Å²) in [4.78, 5) is 0. The van der Waals surface area contributed by atoms with Gasteiger partial charge in [-0.1, -0.05) is 31.9 Å². The average Bonchev–Trinajstić information content (AvgIpc) is 3.24. The molecule has 0 aromatic carbocycles. The van der Waals surface area contributed by atoms with Gasteiger partial charge in [0.1, 0.15) is 0 Å².